The second kappa shape index (κ2) is 4.39. The monoisotopic (exact) mass is 141 g/mol. The fraction of sp³-hybridized carbons (Fsp3) is 0.333. The number of aliphatic hydroxyl groups is 1. The molecular formula is C6H7NO3. The first-order chi connectivity index (χ1) is 4.76. The van der Waals surface area contributed by atoms with Crippen LogP contribution in [-0.2, 0) is 9.53 Å². The van der Waals surface area contributed by atoms with Gasteiger partial charge in [0.15, 0.2) is 5.57 Å². The number of nitrogens with zero attached hydrogens (tertiary/aromatic N) is 1. The van der Waals surface area contributed by atoms with E-state index >= 15 is 0 Å². The molecule has 4 nitrogen and oxygen atoms in total. The number of carbonyl (C=O) groups is 1. The van der Waals surface area contributed by atoms with Crippen LogP contribution in [0.5, 0.6) is 0 Å². The molecule has 0 aliphatic carbocycles. The van der Waals surface area contributed by atoms with E-state index in [1.54, 1.807) is 6.92 Å². The van der Waals surface area contributed by atoms with E-state index in [9.17, 15) is 4.79 Å². The van der Waals surface area contributed by atoms with Gasteiger partial charge in [-0.15, -0.1) is 0 Å². The quantitative estimate of drug-likeness (QED) is 0.263. The van der Waals surface area contributed by atoms with Crippen molar-refractivity contribution < 1.29 is 14.6 Å². The van der Waals surface area contributed by atoms with Crippen LogP contribution in [0.4, 0.5) is 0 Å². The van der Waals surface area contributed by atoms with Gasteiger partial charge in [-0.1, -0.05) is 0 Å². The lowest BCUT2D eigenvalue weighted by molar-refractivity contribution is -0.138. The molecule has 0 saturated heterocycles. The molecule has 54 valence electrons. The first kappa shape index (κ1) is 8.50. The first-order valence-electron chi connectivity index (χ1n) is 2.67. The van der Waals surface area contributed by atoms with E-state index in [-0.39, 0.29) is 12.2 Å². The van der Waals surface area contributed by atoms with Gasteiger partial charge in [0.1, 0.15) is 12.3 Å². The van der Waals surface area contributed by atoms with Gasteiger partial charge in [-0.25, -0.2) is 4.79 Å². The normalized spacial score (nSPS) is 10.2. The Morgan fingerprint density at radius 3 is 2.80 bits per heavy atom. The van der Waals surface area contributed by atoms with Crippen molar-refractivity contribution in [2.24, 2.45) is 0 Å². The van der Waals surface area contributed by atoms with Crippen LogP contribution in [0.1, 0.15) is 6.92 Å². The van der Waals surface area contributed by atoms with Gasteiger partial charge in [-0.2, -0.15) is 5.26 Å². The molecule has 0 aliphatic heterocycles. The minimum absolute atomic E-state index is 0.192. The van der Waals surface area contributed by atoms with E-state index in [4.69, 9.17) is 10.4 Å². The Morgan fingerprint density at radius 1 is 1.90 bits per heavy atom. The maximum atomic E-state index is 10.5. The molecule has 0 aliphatic rings. The Kier molecular flexibility index (Phi) is 3.73. The third kappa shape index (κ3) is 2.18. The number of ether oxygens (including phenoxy) is 1. The Morgan fingerprint density at radius 2 is 2.50 bits per heavy atom. The van der Waals surface area contributed by atoms with E-state index < -0.39 is 5.97 Å². The van der Waals surface area contributed by atoms with Gasteiger partial charge in [-0.05, 0) is 6.92 Å². The molecule has 0 spiro atoms. The van der Waals surface area contributed by atoms with Crippen molar-refractivity contribution in [2.45, 2.75) is 6.92 Å². The summed E-state index contributed by atoms with van der Waals surface area (Å²) in [4.78, 5) is 10.5. The summed E-state index contributed by atoms with van der Waals surface area (Å²) in [5.41, 5.74) is -0.387. The maximum Gasteiger partial charge on any atom is 0.352 e. The van der Waals surface area contributed by atoms with Gasteiger partial charge < -0.3 is 9.84 Å². The Labute approximate surface area is 58.3 Å². The predicted octanol–water partition coefficient (Wildman–Crippen LogP) is 0.515. The number of esters is 1. The highest BCUT2D eigenvalue weighted by atomic mass is 16.5. The van der Waals surface area contributed by atoms with Gasteiger partial charge in [0, 0.05) is 0 Å². The van der Waals surface area contributed by atoms with Crippen LogP contribution in [0, 0.1) is 11.3 Å². The van der Waals surface area contributed by atoms with Gasteiger partial charge in [0.2, 0.25) is 0 Å². The standard InChI is InChI=1S/C6H7NO3/c1-2-10-6(9)5(3-7)4-8/h4,8H,2H2,1H3/b5-4+. The van der Waals surface area contributed by atoms with Crippen molar-refractivity contribution in [2.75, 3.05) is 6.61 Å². The smallest absolute Gasteiger partial charge is 0.352 e. The van der Waals surface area contributed by atoms with Crippen LogP contribution in [0.25, 0.3) is 0 Å². The molecule has 0 fully saturated rings. The van der Waals surface area contributed by atoms with Crippen molar-refractivity contribution in [1.82, 2.24) is 0 Å². The lowest BCUT2D eigenvalue weighted by atomic mass is 10.3. The molecule has 0 rings (SSSR count). The molecule has 0 aromatic heterocycles. The molecule has 0 radical (unpaired) electrons. The highest BCUT2D eigenvalue weighted by molar-refractivity contribution is 5.92. The Bertz CT molecular complexity index is 190. The number of carbonyl (C=O) groups excluding carboxylic acids is 1. The molecular weight excluding hydrogens is 134 g/mol. The third-order valence-corrected chi connectivity index (χ3v) is 0.745. The largest absolute Gasteiger partial charge is 0.514 e. The lowest BCUT2D eigenvalue weighted by Crippen LogP contribution is -2.05. The highest BCUT2D eigenvalue weighted by Gasteiger charge is 2.08. The van der Waals surface area contributed by atoms with E-state index in [1.165, 1.54) is 6.07 Å². The summed E-state index contributed by atoms with van der Waals surface area (Å²) in [6, 6.07) is 1.47. The number of hydrogen-bond acceptors (Lipinski definition) is 4. The summed E-state index contributed by atoms with van der Waals surface area (Å²) in [7, 11) is 0. The second-order valence-corrected chi connectivity index (χ2v) is 1.38. The van der Waals surface area contributed by atoms with Crippen molar-refractivity contribution in [1.29, 1.82) is 5.26 Å². The molecule has 10 heavy (non-hydrogen) atoms. The molecule has 0 bridgehead atoms. The van der Waals surface area contributed by atoms with Crippen molar-refractivity contribution >= 4 is 5.97 Å². The van der Waals surface area contributed by atoms with Crippen LogP contribution in [0.15, 0.2) is 11.8 Å². The Balaban J connectivity index is 4.08. The topological polar surface area (TPSA) is 70.3 Å². The fourth-order valence-electron chi connectivity index (χ4n) is 0.336. The molecule has 4 heteroatoms. The average molecular weight is 141 g/mol. The SMILES string of the molecule is CCOC(=O)/C(C#N)=C/O. The van der Waals surface area contributed by atoms with E-state index in [0.29, 0.717) is 6.26 Å². The summed E-state index contributed by atoms with van der Waals surface area (Å²) in [5.74, 6) is -0.799. The molecule has 0 unspecified atom stereocenters. The van der Waals surface area contributed by atoms with Crippen molar-refractivity contribution in [3.05, 3.63) is 11.8 Å². The summed E-state index contributed by atoms with van der Waals surface area (Å²) < 4.78 is 4.40. The van der Waals surface area contributed by atoms with Crippen LogP contribution in [0.3, 0.4) is 0 Å². The zero-order chi connectivity index (χ0) is 7.98. The van der Waals surface area contributed by atoms with Gasteiger partial charge in [0.05, 0.1) is 6.61 Å². The zero-order valence-electron chi connectivity index (χ0n) is 5.50. The third-order valence-electron chi connectivity index (χ3n) is 0.745. The van der Waals surface area contributed by atoms with Crippen LogP contribution >= 0.6 is 0 Å². The summed E-state index contributed by atoms with van der Waals surface area (Å²) in [5, 5.41) is 16.4. The second-order valence-electron chi connectivity index (χ2n) is 1.38. The Hall–Kier alpha value is -1.50. The van der Waals surface area contributed by atoms with E-state index in [0.717, 1.165) is 0 Å². The molecule has 0 atom stereocenters. The van der Waals surface area contributed by atoms with E-state index in [2.05, 4.69) is 4.74 Å². The van der Waals surface area contributed by atoms with Gasteiger partial charge in [0.25, 0.3) is 0 Å². The molecule has 0 amide bonds. The predicted molar refractivity (Wildman–Crippen MR) is 33.0 cm³/mol. The van der Waals surface area contributed by atoms with Gasteiger partial charge >= 0.3 is 5.97 Å². The molecule has 0 heterocycles. The van der Waals surface area contributed by atoms with Crippen molar-refractivity contribution in [3.8, 4) is 6.07 Å². The average Bonchev–Trinajstić information content (AvgIpc) is 1.91. The summed E-state index contributed by atoms with van der Waals surface area (Å²) in [6.07, 6.45) is 0.429. The van der Waals surface area contributed by atoms with Crippen LogP contribution in [0.2, 0.25) is 0 Å². The molecule has 0 aromatic carbocycles. The molecule has 0 saturated carbocycles. The number of hydrogen-bond donors (Lipinski definition) is 1. The van der Waals surface area contributed by atoms with Crippen molar-refractivity contribution in [3.63, 3.8) is 0 Å². The number of rotatable bonds is 2. The number of aliphatic hydroxyl groups excluding tert-OH is 1. The summed E-state index contributed by atoms with van der Waals surface area (Å²) in [6.45, 7) is 1.81. The maximum absolute atomic E-state index is 10.5. The minimum Gasteiger partial charge on any atom is -0.514 e. The summed E-state index contributed by atoms with van der Waals surface area (Å²) >= 11 is 0. The molecule has 1 N–H and O–H groups in total. The van der Waals surface area contributed by atoms with E-state index in [1.807, 2.05) is 0 Å². The fourth-order valence-corrected chi connectivity index (χ4v) is 0.336. The van der Waals surface area contributed by atoms with Crippen LogP contribution < -0.4 is 0 Å². The lowest BCUT2D eigenvalue weighted by Gasteiger charge is -1.95. The number of nitriles is 1. The van der Waals surface area contributed by atoms with Gasteiger partial charge in [-0.3, -0.25) is 0 Å². The van der Waals surface area contributed by atoms with Crippen LogP contribution in [-0.4, -0.2) is 17.7 Å². The highest BCUT2D eigenvalue weighted by Crippen LogP contribution is 1.93. The minimum atomic E-state index is -0.799. The zero-order valence-corrected chi connectivity index (χ0v) is 5.50. The first-order valence-corrected chi connectivity index (χ1v) is 2.67. The molecule has 0 aromatic rings.